The number of halogens is 2. The van der Waals surface area contributed by atoms with Gasteiger partial charge in [-0.3, -0.25) is 9.59 Å². The summed E-state index contributed by atoms with van der Waals surface area (Å²) >= 11 is 11.7. The summed E-state index contributed by atoms with van der Waals surface area (Å²) < 4.78 is 0. The molecule has 6 heteroatoms. The van der Waals surface area contributed by atoms with Gasteiger partial charge in [0.15, 0.2) is 0 Å². The molecule has 0 saturated carbocycles. The lowest BCUT2D eigenvalue weighted by molar-refractivity contribution is -0.129. The Kier molecular flexibility index (Phi) is 5.96. The van der Waals surface area contributed by atoms with Crippen molar-refractivity contribution in [3.63, 3.8) is 0 Å². The molecule has 2 atom stereocenters. The van der Waals surface area contributed by atoms with E-state index in [1.807, 2.05) is 12.2 Å². The monoisotopic (exact) mass is 388 g/mol. The van der Waals surface area contributed by atoms with Gasteiger partial charge in [0, 0.05) is 21.4 Å². The number of carbonyl (C=O) groups excluding carboxylic acids is 2. The van der Waals surface area contributed by atoms with Crippen LogP contribution in [0.1, 0.15) is 12.8 Å². The Morgan fingerprint density at radius 2 is 1.04 bits per heavy atom. The zero-order valence-electron chi connectivity index (χ0n) is 13.9. The Morgan fingerprint density at radius 3 is 1.38 bits per heavy atom. The van der Waals surface area contributed by atoms with E-state index in [2.05, 4.69) is 10.6 Å². The minimum Gasteiger partial charge on any atom is -0.326 e. The molecule has 0 aromatic heterocycles. The quantitative estimate of drug-likeness (QED) is 0.711. The first-order valence-electron chi connectivity index (χ1n) is 8.31. The van der Waals surface area contributed by atoms with Crippen LogP contribution in [0.2, 0.25) is 10.0 Å². The van der Waals surface area contributed by atoms with E-state index >= 15 is 0 Å². The first-order valence-corrected chi connectivity index (χ1v) is 9.06. The fourth-order valence-corrected chi connectivity index (χ4v) is 3.18. The molecule has 0 heterocycles. The molecule has 0 aliphatic heterocycles. The van der Waals surface area contributed by atoms with Crippen molar-refractivity contribution in [1.29, 1.82) is 0 Å². The molecular weight excluding hydrogens is 371 g/mol. The van der Waals surface area contributed by atoms with Crippen molar-refractivity contribution in [2.24, 2.45) is 11.8 Å². The molecule has 1 aliphatic carbocycles. The minimum absolute atomic E-state index is 0.173. The van der Waals surface area contributed by atoms with Crippen LogP contribution in [-0.2, 0) is 9.59 Å². The third kappa shape index (κ3) is 4.65. The smallest absolute Gasteiger partial charge is 0.228 e. The van der Waals surface area contributed by atoms with Gasteiger partial charge in [-0.2, -0.15) is 0 Å². The lowest BCUT2D eigenvalue weighted by Crippen LogP contribution is -2.37. The van der Waals surface area contributed by atoms with Gasteiger partial charge >= 0.3 is 0 Å². The van der Waals surface area contributed by atoms with E-state index in [-0.39, 0.29) is 11.8 Å². The van der Waals surface area contributed by atoms with Gasteiger partial charge in [0.1, 0.15) is 0 Å². The molecular formula is C20H18Cl2N2O2. The minimum atomic E-state index is -0.428. The average molecular weight is 389 g/mol. The average Bonchev–Trinajstić information content (AvgIpc) is 2.65. The highest BCUT2D eigenvalue weighted by molar-refractivity contribution is 6.31. The molecule has 0 unspecified atom stereocenters. The Labute approximate surface area is 162 Å². The number of allylic oxidation sites excluding steroid dienone is 2. The van der Waals surface area contributed by atoms with E-state index in [0.29, 0.717) is 34.3 Å². The molecule has 3 rings (SSSR count). The van der Waals surface area contributed by atoms with Crippen LogP contribution >= 0.6 is 23.2 Å². The fraction of sp³-hybridized carbons (Fsp3) is 0.200. The van der Waals surface area contributed by atoms with Crippen molar-refractivity contribution in [1.82, 2.24) is 0 Å². The zero-order valence-corrected chi connectivity index (χ0v) is 15.4. The van der Waals surface area contributed by atoms with Crippen LogP contribution in [0.15, 0.2) is 60.7 Å². The molecule has 0 fully saturated rings. The molecule has 0 saturated heterocycles. The molecule has 2 amide bonds. The second-order valence-electron chi connectivity index (χ2n) is 6.15. The van der Waals surface area contributed by atoms with Gasteiger partial charge in [0.25, 0.3) is 0 Å². The van der Waals surface area contributed by atoms with Crippen LogP contribution in [0, 0.1) is 11.8 Å². The highest BCUT2D eigenvalue weighted by atomic mass is 35.5. The van der Waals surface area contributed by atoms with E-state index in [1.54, 1.807) is 48.5 Å². The molecule has 26 heavy (non-hydrogen) atoms. The molecule has 134 valence electrons. The maximum absolute atomic E-state index is 12.7. The molecule has 0 bridgehead atoms. The predicted octanol–water partition coefficient (Wildman–Crippen LogP) is 5.15. The van der Waals surface area contributed by atoms with Crippen molar-refractivity contribution < 1.29 is 9.59 Å². The van der Waals surface area contributed by atoms with Crippen LogP contribution in [0.4, 0.5) is 11.4 Å². The first-order chi connectivity index (χ1) is 12.5. The molecule has 0 radical (unpaired) electrons. The van der Waals surface area contributed by atoms with Gasteiger partial charge in [0.05, 0.1) is 11.8 Å². The molecule has 1 aliphatic rings. The van der Waals surface area contributed by atoms with Crippen LogP contribution < -0.4 is 10.6 Å². The topological polar surface area (TPSA) is 58.2 Å². The molecule has 2 N–H and O–H groups in total. The maximum Gasteiger partial charge on any atom is 0.228 e. The van der Waals surface area contributed by atoms with Crippen molar-refractivity contribution in [3.05, 3.63) is 70.7 Å². The van der Waals surface area contributed by atoms with Crippen LogP contribution in [0.3, 0.4) is 0 Å². The summed E-state index contributed by atoms with van der Waals surface area (Å²) in [5.74, 6) is -1.20. The van der Waals surface area contributed by atoms with E-state index in [9.17, 15) is 9.59 Å². The second-order valence-corrected chi connectivity index (χ2v) is 7.02. The summed E-state index contributed by atoms with van der Waals surface area (Å²) in [5.41, 5.74) is 1.32. The van der Waals surface area contributed by atoms with E-state index < -0.39 is 11.8 Å². The number of amides is 2. The fourth-order valence-electron chi connectivity index (χ4n) is 2.93. The lowest BCUT2D eigenvalue weighted by atomic mass is 9.81. The van der Waals surface area contributed by atoms with Gasteiger partial charge in [-0.1, -0.05) is 35.4 Å². The van der Waals surface area contributed by atoms with Crippen LogP contribution in [0.25, 0.3) is 0 Å². The van der Waals surface area contributed by atoms with Crippen molar-refractivity contribution in [2.75, 3.05) is 10.6 Å². The highest BCUT2D eigenvalue weighted by Gasteiger charge is 2.34. The summed E-state index contributed by atoms with van der Waals surface area (Å²) in [6, 6.07) is 13.8. The Bertz CT molecular complexity index is 747. The molecule has 4 nitrogen and oxygen atoms in total. The number of nitrogens with one attached hydrogen (secondary N) is 2. The summed E-state index contributed by atoms with van der Waals surface area (Å²) in [6.07, 6.45) is 4.94. The van der Waals surface area contributed by atoms with Crippen molar-refractivity contribution >= 4 is 46.4 Å². The highest BCUT2D eigenvalue weighted by Crippen LogP contribution is 2.29. The number of carbonyl (C=O) groups is 2. The van der Waals surface area contributed by atoms with Crippen molar-refractivity contribution in [2.45, 2.75) is 12.8 Å². The number of anilines is 2. The predicted molar refractivity (Wildman–Crippen MR) is 106 cm³/mol. The SMILES string of the molecule is O=C(Nc1ccc(Cl)cc1)[C@H]1CC=CC[C@@H]1C(=O)Nc1ccc(Cl)cc1. The number of hydrogen-bond donors (Lipinski definition) is 2. The third-order valence-electron chi connectivity index (χ3n) is 4.33. The summed E-state index contributed by atoms with van der Waals surface area (Å²) in [7, 11) is 0. The second kappa shape index (κ2) is 8.39. The Balaban J connectivity index is 1.69. The third-order valence-corrected chi connectivity index (χ3v) is 4.83. The van der Waals surface area contributed by atoms with Crippen LogP contribution in [0.5, 0.6) is 0 Å². The van der Waals surface area contributed by atoms with Gasteiger partial charge in [-0.15, -0.1) is 0 Å². The standard InChI is InChI=1S/C20H18Cl2N2O2/c21-13-5-9-15(10-6-13)23-19(25)17-3-1-2-4-18(17)20(26)24-16-11-7-14(22)8-12-16/h1-2,5-12,17-18H,3-4H2,(H,23,25)(H,24,26)/t17-,18-/m0/s1. The summed E-state index contributed by atoms with van der Waals surface area (Å²) in [4.78, 5) is 25.4. The van der Waals surface area contributed by atoms with Gasteiger partial charge in [-0.25, -0.2) is 0 Å². The van der Waals surface area contributed by atoms with E-state index in [1.165, 1.54) is 0 Å². The van der Waals surface area contributed by atoms with E-state index in [0.717, 1.165) is 0 Å². The summed E-state index contributed by atoms with van der Waals surface area (Å²) in [5, 5.41) is 6.93. The van der Waals surface area contributed by atoms with Crippen LogP contribution in [-0.4, -0.2) is 11.8 Å². The first kappa shape index (κ1) is 18.5. The number of hydrogen-bond acceptors (Lipinski definition) is 2. The van der Waals surface area contributed by atoms with E-state index in [4.69, 9.17) is 23.2 Å². The molecule has 2 aromatic rings. The zero-order chi connectivity index (χ0) is 18.5. The maximum atomic E-state index is 12.7. The number of rotatable bonds is 4. The number of benzene rings is 2. The largest absolute Gasteiger partial charge is 0.326 e. The van der Waals surface area contributed by atoms with Gasteiger partial charge in [0.2, 0.25) is 11.8 Å². The molecule has 0 spiro atoms. The van der Waals surface area contributed by atoms with Gasteiger partial charge in [-0.05, 0) is 61.4 Å². The Hall–Kier alpha value is -2.30. The summed E-state index contributed by atoms with van der Waals surface area (Å²) in [6.45, 7) is 0. The normalized spacial score (nSPS) is 19.0. The van der Waals surface area contributed by atoms with Crippen molar-refractivity contribution in [3.8, 4) is 0 Å². The van der Waals surface area contributed by atoms with Gasteiger partial charge < -0.3 is 10.6 Å². The lowest BCUT2D eigenvalue weighted by Gasteiger charge is -2.26. The molecule has 2 aromatic carbocycles. The Morgan fingerprint density at radius 1 is 0.692 bits per heavy atom.